The van der Waals surface area contributed by atoms with Gasteiger partial charge in [0, 0.05) is 18.0 Å². The Morgan fingerprint density at radius 2 is 2.32 bits per heavy atom. The number of carbonyl (C=O) groups excluding carboxylic acids is 1. The van der Waals surface area contributed by atoms with E-state index in [0.717, 1.165) is 24.9 Å². The van der Waals surface area contributed by atoms with Gasteiger partial charge in [-0.25, -0.2) is 4.39 Å². The number of halogens is 1. The lowest BCUT2D eigenvalue weighted by Crippen LogP contribution is -2.27. The second-order valence-electron chi connectivity index (χ2n) is 5.86. The number of hydrogen-bond acceptors (Lipinski definition) is 3. The number of nitrogens with zero attached hydrogens (tertiary/aromatic N) is 1. The van der Waals surface area contributed by atoms with Crippen LogP contribution in [0.2, 0.25) is 0 Å². The Labute approximate surface area is 129 Å². The first-order chi connectivity index (χ1) is 10.6. The molecule has 1 aromatic heterocycles. The number of aromatic nitrogens is 1. The number of nitrogens with one attached hydrogen (secondary N) is 2. The lowest BCUT2D eigenvalue weighted by atomic mass is 10.0. The number of amides is 1. The molecule has 2 N–H and O–H groups in total. The lowest BCUT2D eigenvalue weighted by molar-refractivity contribution is 0.0951. The van der Waals surface area contributed by atoms with Gasteiger partial charge in [-0.05, 0) is 57.0 Å². The number of carbonyl (C=O) groups is 1. The van der Waals surface area contributed by atoms with Gasteiger partial charge in [-0.2, -0.15) is 0 Å². The van der Waals surface area contributed by atoms with Crippen molar-refractivity contribution in [3.05, 3.63) is 41.3 Å². The predicted molar refractivity (Wildman–Crippen MR) is 84.4 cm³/mol. The highest BCUT2D eigenvalue weighted by Crippen LogP contribution is 2.18. The van der Waals surface area contributed by atoms with Gasteiger partial charge in [0.15, 0.2) is 0 Å². The summed E-state index contributed by atoms with van der Waals surface area (Å²) in [5, 5.41) is 7.06. The quantitative estimate of drug-likeness (QED) is 0.912. The zero-order valence-electron chi connectivity index (χ0n) is 12.7. The molecule has 1 amide bonds. The van der Waals surface area contributed by atoms with Gasteiger partial charge < -0.3 is 10.6 Å². The fraction of sp³-hybridized carbons (Fsp3) is 0.412. The first-order valence-corrected chi connectivity index (χ1v) is 7.69. The highest BCUT2D eigenvalue weighted by atomic mass is 19.1. The van der Waals surface area contributed by atoms with Crippen molar-refractivity contribution in [2.24, 2.45) is 5.92 Å². The minimum atomic E-state index is -0.318. The fourth-order valence-corrected chi connectivity index (χ4v) is 2.91. The van der Waals surface area contributed by atoms with E-state index in [1.165, 1.54) is 18.6 Å². The Hall–Kier alpha value is -2.01. The van der Waals surface area contributed by atoms with Gasteiger partial charge in [-0.15, -0.1) is 0 Å². The van der Waals surface area contributed by atoms with E-state index >= 15 is 0 Å². The smallest absolute Gasteiger partial charge is 0.253 e. The topological polar surface area (TPSA) is 54.0 Å². The molecule has 1 atom stereocenters. The third kappa shape index (κ3) is 3.25. The first-order valence-electron chi connectivity index (χ1n) is 7.69. The van der Waals surface area contributed by atoms with E-state index in [1.807, 2.05) is 0 Å². The van der Waals surface area contributed by atoms with Crippen LogP contribution >= 0.6 is 0 Å². The van der Waals surface area contributed by atoms with Crippen LogP contribution in [0.1, 0.15) is 28.9 Å². The van der Waals surface area contributed by atoms with Crippen LogP contribution in [-0.2, 0) is 0 Å². The van der Waals surface area contributed by atoms with E-state index in [1.54, 1.807) is 19.1 Å². The molecule has 0 saturated carbocycles. The van der Waals surface area contributed by atoms with Gasteiger partial charge in [0.1, 0.15) is 5.82 Å². The maximum Gasteiger partial charge on any atom is 0.253 e. The molecule has 0 aliphatic carbocycles. The molecule has 0 spiro atoms. The van der Waals surface area contributed by atoms with Gasteiger partial charge in [0.05, 0.1) is 16.8 Å². The van der Waals surface area contributed by atoms with E-state index < -0.39 is 0 Å². The summed E-state index contributed by atoms with van der Waals surface area (Å²) in [5.41, 5.74) is 1.76. The molecule has 1 aromatic carbocycles. The second kappa shape index (κ2) is 6.40. The molecule has 1 unspecified atom stereocenters. The van der Waals surface area contributed by atoms with Crippen LogP contribution in [-0.4, -0.2) is 30.5 Å². The monoisotopic (exact) mass is 301 g/mol. The maximum absolute atomic E-state index is 13.2. The fourth-order valence-electron chi connectivity index (χ4n) is 2.91. The van der Waals surface area contributed by atoms with E-state index in [2.05, 4.69) is 15.6 Å². The van der Waals surface area contributed by atoms with E-state index in [0.29, 0.717) is 29.2 Å². The summed E-state index contributed by atoms with van der Waals surface area (Å²) >= 11 is 0. The molecule has 2 heterocycles. The van der Waals surface area contributed by atoms with Crippen molar-refractivity contribution in [3.8, 4) is 0 Å². The second-order valence-corrected chi connectivity index (χ2v) is 5.86. The third-order valence-electron chi connectivity index (χ3n) is 4.22. The standard InChI is InChI=1S/C17H20FN3O/c1-11-15(8-13-2-3-14(18)9-16(13)21-11)17(22)20-7-5-12-4-6-19-10-12/h2-3,8-9,12,19H,4-7,10H2,1H3,(H,20,22). The summed E-state index contributed by atoms with van der Waals surface area (Å²) in [6.07, 6.45) is 2.17. The molecule has 3 rings (SSSR count). The summed E-state index contributed by atoms with van der Waals surface area (Å²) in [7, 11) is 0. The molecule has 2 aromatic rings. The molecule has 1 saturated heterocycles. The van der Waals surface area contributed by atoms with Crippen LogP contribution in [0.15, 0.2) is 24.3 Å². The van der Waals surface area contributed by atoms with Crippen molar-refractivity contribution in [3.63, 3.8) is 0 Å². The number of hydrogen-bond donors (Lipinski definition) is 2. The number of rotatable bonds is 4. The molecule has 1 fully saturated rings. The normalized spacial score (nSPS) is 17.8. The molecule has 1 aliphatic rings. The van der Waals surface area contributed by atoms with Crippen molar-refractivity contribution in [2.75, 3.05) is 19.6 Å². The van der Waals surface area contributed by atoms with Crippen LogP contribution in [0.4, 0.5) is 4.39 Å². The van der Waals surface area contributed by atoms with Crippen LogP contribution in [0.25, 0.3) is 10.9 Å². The molecule has 0 bridgehead atoms. The molecule has 1 aliphatic heterocycles. The lowest BCUT2D eigenvalue weighted by Gasteiger charge is -2.11. The summed E-state index contributed by atoms with van der Waals surface area (Å²) in [4.78, 5) is 16.6. The van der Waals surface area contributed by atoms with Gasteiger partial charge in [-0.1, -0.05) is 0 Å². The minimum absolute atomic E-state index is 0.109. The summed E-state index contributed by atoms with van der Waals surface area (Å²) in [6.45, 7) is 4.56. The number of pyridine rings is 1. The zero-order valence-corrected chi connectivity index (χ0v) is 12.7. The largest absolute Gasteiger partial charge is 0.352 e. The molecular formula is C17H20FN3O. The Morgan fingerprint density at radius 3 is 3.09 bits per heavy atom. The zero-order chi connectivity index (χ0) is 15.5. The Balaban J connectivity index is 1.69. The summed E-state index contributed by atoms with van der Waals surface area (Å²) < 4.78 is 13.2. The summed E-state index contributed by atoms with van der Waals surface area (Å²) in [5.74, 6) is 0.225. The van der Waals surface area contributed by atoms with Gasteiger partial charge >= 0.3 is 0 Å². The number of aryl methyl sites for hydroxylation is 1. The first kappa shape index (κ1) is 14.9. The van der Waals surface area contributed by atoms with Crippen LogP contribution in [0.5, 0.6) is 0 Å². The van der Waals surface area contributed by atoms with Crippen LogP contribution < -0.4 is 10.6 Å². The Morgan fingerprint density at radius 1 is 1.45 bits per heavy atom. The Bertz CT molecular complexity index is 696. The average molecular weight is 301 g/mol. The van der Waals surface area contributed by atoms with Crippen LogP contribution in [0.3, 0.4) is 0 Å². The van der Waals surface area contributed by atoms with E-state index in [4.69, 9.17) is 0 Å². The molecular weight excluding hydrogens is 281 g/mol. The maximum atomic E-state index is 13.2. The SMILES string of the molecule is Cc1nc2cc(F)ccc2cc1C(=O)NCCC1CCNC1. The highest BCUT2D eigenvalue weighted by Gasteiger charge is 2.16. The van der Waals surface area contributed by atoms with Crippen LogP contribution in [0, 0.1) is 18.7 Å². The van der Waals surface area contributed by atoms with E-state index in [-0.39, 0.29) is 11.7 Å². The molecule has 0 radical (unpaired) electrons. The molecule has 22 heavy (non-hydrogen) atoms. The number of fused-ring (bicyclic) bond motifs is 1. The van der Waals surface area contributed by atoms with Crippen molar-refractivity contribution < 1.29 is 9.18 Å². The highest BCUT2D eigenvalue weighted by molar-refractivity contribution is 5.98. The van der Waals surface area contributed by atoms with Crippen molar-refractivity contribution in [1.82, 2.24) is 15.6 Å². The predicted octanol–water partition coefficient (Wildman–Crippen LogP) is 2.41. The van der Waals surface area contributed by atoms with Gasteiger partial charge in [0.2, 0.25) is 0 Å². The van der Waals surface area contributed by atoms with Gasteiger partial charge in [-0.3, -0.25) is 9.78 Å². The van der Waals surface area contributed by atoms with Crippen molar-refractivity contribution in [2.45, 2.75) is 19.8 Å². The number of benzene rings is 1. The van der Waals surface area contributed by atoms with Crippen molar-refractivity contribution in [1.29, 1.82) is 0 Å². The molecule has 5 heteroatoms. The average Bonchev–Trinajstić information content (AvgIpc) is 2.99. The molecule has 4 nitrogen and oxygen atoms in total. The molecule has 116 valence electrons. The minimum Gasteiger partial charge on any atom is -0.352 e. The Kier molecular flexibility index (Phi) is 4.34. The third-order valence-corrected chi connectivity index (χ3v) is 4.22. The van der Waals surface area contributed by atoms with Crippen molar-refractivity contribution >= 4 is 16.8 Å². The summed E-state index contributed by atoms with van der Waals surface area (Å²) in [6, 6.07) is 6.20. The van der Waals surface area contributed by atoms with E-state index in [9.17, 15) is 9.18 Å². The van der Waals surface area contributed by atoms with Gasteiger partial charge in [0.25, 0.3) is 5.91 Å².